The molecule has 1 atom stereocenters. The summed E-state index contributed by atoms with van der Waals surface area (Å²) in [5.74, 6) is 0.0288. The number of nitrogens with zero attached hydrogens (tertiary/aromatic N) is 1. The molecule has 0 aliphatic carbocycles. The average molecular weight is 236 g/mol. The highest BCUT2D eigenvalue weighted by molar-refractivity contribution is 5.67. The molecule has 1 N–H and O–H groups in total. The molecule has 0 saturated heterocycles. The molecule has 1 aromatic heterocycles. The first-order valence-corrected chi connectivity index (χ1v) is 5.32. The number of rotatable bonds is 3. The zero-order valence-corrected chi connectivity index (χ0v) is 10.2. The van der Waals surface area contributed by atoms with Gasteiger partial charge >= 0.3 is 6.09 Å². The molecule has 5 nitrogen and oxygen atoms in total. The van der Waals surface area contributed by atoms with Crippen molar-refractivity contribution < 1.29 is 13.9 Å². The maximum absolute atomic E-state index is 11.4. The van der Waals surface area contributed by atoms with Crippen molar-refractivity contribution in [3.8, 4) is 6.07 Å². The molecule has 0 aliphatic rings. The topological polar surface area (TPSA) is 75.3 Å². The van der Waals surface area contributed by atoms with Gasteiger partial charge in [-0.1, -0.05) is 0 Å². The van der Waals surface area contributed by atoms with E-state index in [4.69, 9.17) is 14.4 Å². The van der Waals surface area contributed by atoms with Gasteiger partial charge in [0.05, 0.1) is 12.3 Å². The van der Waals surface area contributed by atoms with Crippen LogP contribution >= 0.6 is 0 Å². The standard InChI is InChI=1S/C12H16N2O3/c1-12(2,3)17-11(15)14-8-9(7-13)10-5-4-6-16-10/h4-6,9H,8H2,1-3H3,(H,14,15). The van der Waals surface area contributed by atoms with E-state index in [-0.39, 0.29) is 6.54 Å². The second kappa shape index (κ2) is 5.39. The minimum absolute atomic E-state index is 0.166. The molecule has 0 radical (unpaired) electrons. The van der Waals surface area contributed by atoms with Crippen LogP contribution in [0, 0.1) is 11.3 Å². The largest absolute Gasteiger partial charge is 0.468 e. The molecule has 1 rings (SSSR count). The van der Waals surface area contributed by atoms with E-state index in [1.807, 2.05) is 0 Å². The Morgan fingerprint density at radius 2 is 2.35 bits per heavy atom. The third-order valence-corrected chi connectivity index (χ3v) is 1.89. The van der Waals surface area contributed by atoms with Gasteiger partial charge in [0, 0.05) is 6.54 Å². The fraction of sp³-hybridized carbons (Fsp3) is 0.500. The number of hydrogen-bond acceptors (Lipinski definition) is 4. The van der Waals surface area contributed by atoms with Gasteiger partial charge in [0.15, 0.2) is 0 Å². The van der Waals surface area contributed by atoms with E-state index in [0.717, 1.165) is 0 Å². The summed E-state index contributed by atoms with van der Waals surface area (Å²) in [6.07, 6.45) is 0.956. The Morgan fingerprint density at radius 1 is 1.65 bits per heavy atom. The predicted octanol–water partition coefficient (Wildman–Crippen LogP) is 2.41. The summed E-state index contributed by atoms with van der Waals surface area (Å²) in [6.45, 7) is 5.50. The molecule has 0 spiro atoms. The summed E-state index contributed by atoms with van der Waals surface area (Å²) < 4.78 is 10.2. The summed E-state index contributed by atoms with van der Waals surface area (Å²) in [5, 5.41) is 11.5. The van der Waals surface area contributed by atoms with Crippen LogP contribution in [0.4, 0.5) is 4.79 Å². The maximum atomic E-state index is 11.4. The molecular weight excluding hydrogens is 220 g/mol. The number of furan rings is 1. The smallest absolute Gasteiger partial charge is 0.407 e. The third-order valence-electron chi connectivity index (χ3n) is 1.89. The van der Waals surface area contributed by atoms with Crippen LogP contribution < -0.4 is 5.32 Å². The monoisotopic (exact) mass is 236 g/mol. The molecule has 1 unspecified atom stereocenters. The molecular formula is C12H16N2O3. The van der Waals surface area contributed by atoms with Gasteiger partial charge in [-0.3, -0.25) is 0 Å². The Balaban J connectivity index is 2.45. The summed E-state index contributed by atoms with van der Waals surface area (Å²) >= 11 is 0. The summed E-state index contributed by atoms with van der Waals surface area (Å²) in [5.41, 5.74) is -0.545. The molecule has 0 aromatic carbocycles. The van der Waals surface area contributed by atoms with E-state index in [1.165, 1.54) is 6.26 Å². The van der Waals surface area contributed by atoms with E-state index in [2.05, 4.69) is 11.4 Å². The summed E-state index contributed by atoms with van der Waals surface area (Å²) in [6, 6.07) is 5.46. The first kappa shape index (κ1) is 13.1. The number of nitrogens with one attached hydrogen (secondary N) is 1. The van der Waals surface area contributed by atoms with Crippen molar-refractivity contribution in [2.24, 2.45) is 0 Å². The van der Waals surface area contributed by atoms with Gasteiger partial charge in [0.1, 0.15) is 17.3 Å². The number of carbonyl (C=O) groups excluding carboxylic acids is 1. The SMILES string of the molecule is CC(C)(C)OC(=O)NCC(C#N)c1ccco1. The zero-order valence-electron chi connectivity index (χ0n) is 10.2. The van der Waals surface area contributed by atoms with Crippen molar-refractivity contribution in [3.63, 3.8) is 0 Å². The maximum Gasteiger partial charge on any atom is 0.407 e. The van der Waals surface area contributed by atoms with Crippen LogP contribution in [0.3, 0.4) is 0 Å². The fourth-order valence-corrected chi connectivity index (χ4v) is 1.20. The molecule has 1 heterocycles. The summed E-state index contributed by atoms with van der Waals surface area (Å²) in [4.78, 5) is 11.4. The minimum Gasteiger partial charge on any atom is -0.468 e. The van der Waals surface area contributed by atoms with Crippen molar-refractivity contribution in [1.29, 1.82) is 5.26 Å². The highest BCUT2D eigenvalue weighted by atomic mass is 16.6. The minimum atomic E-state index is -0.545. The van der Waals surface area contributed by atoms with Crippen molar-refractivity contribution in [2.45, 2.75) is 32.3 Å². The number of carbonyl (C=O) groups is 1. The van der Waals surface area contributed by atoms with Crippen molar-refractivity contribution >= 4 is 6.09 Å². The molecule has 1 aromatic rings. The van der Waals surface area contributed by atoms with Gasteiger partial charge in [-0.05, 0) is 32.9 Å². The first-order chi connectivity index (χ1) is 7.92. The van der Waals surface area contributed by atoms with Crippen LogP contribution in [0.2, 0.25) is 0 Å². The second-order valence-electron chi connectivity index (χ2n) is 4.58. The van der Waals surface area contributed by atoms with Gasteiger partial charge < -0.3 is 14.5 Å². The van der Waals surface area contributed by atoms with Crippen LogP contribution in [-0.4, -0.2) is 18.2 Å². The molecule has 92 valence electrons. The Hall–Kier alpha value is -1.96. The number of alkyl carbamates (subject to hydrolysis) is 1. The van der Waals surface area contributed by atoms with Crippen molar-refractivity contribution in [2.75, 3.05) is 6.54 Å². The van der Waals surface area contributed by atoms with E-state index in [0.29, 0.717) is 5.76 Å². The molecule has 0 bridgehead atoms. The molecule has 0 saturated carbocycles. The Kier molecular flexibility index (Phi) is 4.16. The van der Waals surface area contributed by atoms with Crippen molar-refractivity contribution in [1.82, 2.24) is 5.32 Å². The lowest BCUT2D eigenvalue weighted by molar-refractivity contribution is 0.0526. The number of nitriles is 1. The molecule has 0 aliphatic heterocycles. The van der Waals surface area contributed by atoms with E-state index in [1.54, 1.807) is 32.9 Å². The third kappa shape index (κ3) is 4.60. The lowest BCUT2D eigenvalue weighted by Crippen LogP contribution is -2.34. The fourth-order valence-electron chi connectivity index (χ4n) is 1.20. The van der Waals surface area contributed by atoms with Gasteiger partial charge in [-0.15, -0.1) is 0 Å². The Bertz CT molecular complexity index is 398. The Morgan fingerprint density at radius 3 is 2.82 bits per heavy atom. The van der Waals surface area contributed by atoms with Crippen LogP contribution in [-0.2, 0) is 4.74 Å². The predicted molar refractivity (Wildman–Crippen MR) is 61.3 cm³/mol. The number of ether oxygens (including phenoxy) is 1. The van der Waals surface area contributed by atoms with Gasteiger partial charge in [-0.25, -0.2) is 4.79 Å². The molecule has 5 heteroatoms. The Labute approximate surface area is 100 Å². The summed E-state index contributed by atoms with van der Waals surface area (Å²) in [7, 11) is 0. The normalized spacial score (nSPS) is 12.6. The lowest BCUT2D eigenvalue weighted by Gasteiger charge is -2.20. The van der Waals surface area contributed by atoms with Gasteiger partial charge in [0.25, 0.3) is 0 Å². The first-order valence-electron chi connectivity index (χ1n) is 5.32. The zero-order chi connectivity index (χ0) is 12.9. The molecule has 17 heavy (non-hydrogen) atoms. The van der Waals surface area contributed by atoms with Crippen LogP contribution in [0.15, 0.2) is 22.8 Å². The van der Waals surface area contributed by atoms with Gasteiger partial charge in [-0.2, -0.15) is 5.26 Å². The molecule has 1 amide bonds. The van der Waals surface area contributed by atoms with E-state index < -0.39 is 17.6 Å². The van der Waals surface area contributed by atoms with E-state index in [9.17, 15) is 4.79 Å². The molecule has 0 fully saturated rings. The quantitative estimate of drug-likeness (QED) is 0.874. The number of amides is 1. The average Bonchev–Trinajstić information content (AvgIpc) is 2.69. The van der Waals surface area contributed by atoms with Crippen LogP contribution in [0.25, 0.3) is 0 Å². The second-order valence-corrected chi connectivity index (χ2v) is 4.58. The lowest BCUT2D eigenvalue weighted by atomic mass is 10.1. The highest BCUT2D eigenvalue weighted by Gasteiger charge is 2.19. The van der Waals surface area contributed by atoms with Crippen LogP contribution in [0.5, 0.6) is 0 Å². The van der Waals surface area contributed by atoms with E-state index >= 15 is 0 Å². The van der Waals surface area contributed by atoms with Crippen LogP contribution in [0.1, 0.15) is 32.4 Å². The van der Waals surface area contributed by atoms with Gasteiger partial charge in [0.2, 0.25) is 0 Å². The van der Waals surface area contributed by atoms with Crippen molar-refractivity contribution in [3.05, 3.63) is 24.2 Å². The number of hydrogen-bond donors (Lipinski definition) is 1. The highest BCUT2D eigenvalue weighted by Crippen LogP contribution is 2.14.